The molecule has 0 aliphatic heterocycles. The van der Waals surface area contributed by atoms with Crippen molar-refractivity contribution in [2.24, 2.45) is 0 Å². The molecule has 1 rings (SSSR count). The van der Waals surface area contributed by atoms with Crippen LogP contribution in [-0.4, -0.2) is 16.1 Å². The normalized spacial score (nSPS) is 11.5. The number of aromatic nitrogens is 1. The van der Waals surface area contributed by atoms with Gasteiger partial charge in [-0.1, -0.05) is 6.07 Å². The Labute approximate surface area is 118 Å². The third-order valence-electron chi connectivity index (χ3n) is 1.41. The molecule has 4 nitrogen and oxygen atoms in total. The molecule has 0 saturated carbocycles. The molecule has 5 heteroatoms. The summed E-state index contributed by atoms with van der Waals surface area (Å²) >= 11 is 0. The minimum absolute atomic E-state index is 0. The van der Waals surface area contributed by atoms with Crippen molar-refractivity contribution in [3.63, 3.8) is 0 Å². The fraction of sp³-hybridized carbons (Fsp3) is 0.250. The van der Waals surface area contributed by atoms with Gasteiger partial charge in [-0.15, -0.1) is 0 Å². The molecule has 0 fully saturated rings. The first kappa shape index (κ1) is 13.2. The molecule has 1 N–H and O–H groups in total. The minimum atomic E-state index is -1.34. The van der Waals surface area contributed by atoms with Crippen LogP contribution in [0.15, 0.2) is 18.2 Å². The summed E-state index contributed by atoms with van der Waals surface area (Å²) in [6.07, 6.45) is -0.760. The topological polar surface area (TPSA) is 73.2 Å². The maximum atomic E-state index is 10.3. The second-order valence-corrected chi connectivity index (χ2v) is 2.41. The predicted octanol–water partition coefficient (Wildman–Crippen LogP) is -3.50. The number of hydrogen-bond donors (Lipinski definition) is 1. The van der Waals surface area contributed by atoms with Gasteiger partial charge in [0.15, 0.2) is 0 Å². The van der Waals surface area contributed by atoms with Gasteiger partial charge in [-0.05, 0) is 19.1 Å². The van der Waals surface area contributed by atoms with Gasteiger partial charge in [0.05, 0.1) is 23.5 Å². The average Bonchev–Trinajstić information content (AvgIpc) is 2.04. The van der Waals surface area contributed by atoms with E-state index >= 15 is 0 Å². The third kappa shape index (κ3) is 3.84. The molecule has 0 aromatic carbocycles. The molecule has 0 spiro atoms. The summed E-state index contributed by atoms with van der Waals surface area (Å²) in [4.78, 5) is 14.0. The van der Waals surface area contributed by atoms with Gasteiger partial charge in [-0.25, -0.2) is 4.98 Å². The number of aliphatic hydroxyl groups excluding tert-OH is 1. The summed E-state index contributed by atoms with van der Waals surface area (Å²) in [5.41, 5.74) is 0.171. The zero-order valence-corrected chi connectivity index (χ0v) is 10.6. The minimum Gasteiger partial charge on any atom is -0.543 e. The Morgan fingerprint density at radius 3 is 2.69 bits per heavy atom. The van der Waals surface area contributed by atoms with Crippen molar-refractivity contribution in [2.75, 3.05) is 0 Å². The van der Waals surface area contributed by atoms with Crippen molar-refractivity contribution in [1.82, 2.24) is 4.98 Å². The van der Waals surface area contributed by atoms with E-state index in [4.69, 9.17) is 5.11 Å². The average molecular weight is 205 g/mol. The molecule has 1 atom stereocenters. The molecule has 0 aliphatic rings. The Morgan fingerprint density at radius 1 is 1.62 bits per heavy atom. The van der Waals surface area contributed by atoms with Gasteiger partial charge in [-0.2, -0.15) is 0 Å². The zero-order valence-electron chi connectivity index (χ0n) is 7.52. The number of carboxylic acids is 1. The van der Waals surface area contributed by atoms with Crippen molar-refractivity contribution in [3.8, 4) is 0 Å². The van der Waals surface area contributed by atoms with E-state index in [0.717, 1.165) is 0 Å². The van der Waals surface area contributed by atoms with Crippen LogP contribution in [0.4, 0.5) is 0 Å². The number of carbonyl (C=O) groups excluding carboxylic acids is 1. The molecule has 1 unspecified atom stereocenters. The van der Waals surface area contributed by atoms with Crippen molar-refractivity contribution in [3.05, 3.63) is 29.6 Å². The van der Waals surface area contributed by atoms with Gasteiger partial charge in [0.25, 0.3) is 0 Å². The molecule has 0 radical (unpaired) electrons. The summed E-state index contributed by atoms with van der Waals surface area (Å²) in [7, 11) is 0. The number of aliphatic hydroxyl groups is 1. The third-order valence-corrected chi connectivity index (χ3v) is 1.41. The Hall–Kier alpha value is 0.216. The van der Waals surface area contributed by atoms with Crippen LogP contribution in [0.5, 0.6) is 0 Å². The summed E-state index contributed by atoms with van der Waals surface area (Å²) < 4.78 is 0. The SMILES string of the molecule is CC(O)c1cccc(C(=O)[O-])n1.[K+]. The number of carboxylic acid groups (broad SMARTS) is 1. The molecule has 64 valence electrons. The number of aromatic carboxylic acids is 1. The largest absolute Gasteiger partial charge is 1.00 e. The first-order valence-corrected chi connectivity index (χ1v) is 3.47. The second kappa shape index (κ2) is 5.84. The molecule has 0 aliphatic carbocycles. The molecule has 1 heterocycles. The fourth-order valence-corrected chi connectivity index (χ4v) is 0.798. The maximum Gasteiger partial charge on any atom is 1.00 e. The molecule has 1 aromatic heterocycles. The van der Waals surface area contributed by atoms with Gasteiger partial charge in [0.1, 0.15) is 0 Å². The van der Waals surface area contributed by atoms with Crippen LogP contribution in [-0.2, 0) is 0 Å². The van der Waals surface area contributed by atoms with Gasteiger partial charge in [0, 0.05) is 0 Å². The van der Waals surface area contributed by atoms with Crippen LogP contribution in [0.1, 0.15) is 29.2 Å². The van der Waals surface area contributed by atoms with Gasteiger partial charge >= 0.3 is 51.4 Å². The van der Waals surface area contributed by atoms with E-state index in [1.165, 1.54) is 19.1 Å². The van der Waals surface area contributed by atoms with Crippen LogP contribution in [0.3, 0.4) is 0 Å². The van der Waals surface area contributed by atoms with E-state index in [-0.39, 0.29) is 57.1 Å². The van der Waals surface area contributed by atoms with Gasteiger partial charge in [0.2, 0.25) is 0 Å². The van der Waals surface area contributed by atoms with Crippen LogP contribution in [0, 0.1) is 0 Å². The van der Waals surface area contributed by atoms with Crippen molar-refractivity contribution in [2.45, 2.75) is 13.0 Å². The monoisotopic (exact) mass is 205 g/mol. The number of carbonyl (C=O) groups is 1. The smallest absolute Gasteiger partial charge is 0.543 e. The summed E-state index contributed by atoms with van der Waals surface area (Å²) in [6, 6.07) is 4.39. The van der Waals surface area contributed by atoms with Crippen LogP contribution in [0.2, 0.25) is 0 Å². The van der Waals surface area contributed by atoms with Crippen molar-refractivity contribution in [1.29, 1.82) is 0 Å². The number of nitrogens with zero attached hydrogens (tertiary/aromatic N) is 1. The Morgan fingerprint density at radius 2 is 2.23 bits per heavy atom. The first-order valence-electron chi connectivity index (χ1n) is 3.47. The molecular formula is C8H8KNO3. The number of hydrogen-bond acceptors (Lipinski definition) is 4. The standard InChI is InChI=1S/C8H9NO3.K/c1-5(10)6-3-2-4-7(9-6)8(11)12;/h2-5,10H,1H3,(H,11,12);/q;+1/p-1. The van der Waals surface area contributed by atoms with E-state index in [1.807, 2.05) is 0 Å². The van der Waals surface area contributed by atoms with Crippen molar-refractivity contribution < 1.29 is 66.4 Å². The quantitative estimate of drug-likeness (QED) is 0.509. The molecule has 0 saturated heterocycles. The van der Waals surface area contributed by atoms with E-state index in [1.54, 1.807) is 6.07 Å². The van der Waals surface area contributed by atoms with Crippen molar-refractivity contribution >= 4 is 5.97 Å². The number of rotatable bonds is 2. The second-order valence-electron chi connectivity index (χ2n) is 2.41. The molecule has 0 bridgehead atoms. The van der Waals surface area contributed by atoms with Gasteiger partial charge < -0.3 is 15.0 Å². The Bertz CT molecular complexity index is 301. The van der Waals surface area contributed by atoms with Gasteiger partial charge in [-0.3, -0.25) is 0 Å². The molecule has 1 aromatic rings. The number of pyridine rings is 1. The summed E-state index contributed by atoms with van der Waals surface area (Å²) in [5, 5.41) is 19.4. The van der Waals surface area contributed by atoms with E-state index in [2.05, 4.69) is 4.98 Å². The van der Waals surface area contributed by atoms with E-state index < -0.39 is 12.1 Å². The molecule has 0 amide bonds. The Kier molecular flexibility index (Phi) is 5.94. The summed E-state index contributed by atoms with van der Waals surface area (Å²) in [6.45, 7) is 1.52. The van der Waals surface area contributed by atoms with Crippen LogP contribution >= 0.6 is 0 Å². The Balaban J connectivity index is 0.00000144. The maximum absolute atomic E-state index is 10.3. The summed E-state index contributed by atoms with van der Waals surface area (Å²) in [5.74, 6) is -1.34. The predicted molar refractivity (Wildman–Crippen MR) is 39.2 cm³/mol. The fourth-order valence-electron chi connectivity index (χ4n) is 0.798. The molecular weight excluding hydrogens is 197 g/mol. The van der Waals surface area contributed by atoms with Crippen LogP contribution < -0.4 is 56.5 Å². The molecule has 13 heavy (non-hydrogen) atoms. The van der Waals surface area contributed by atoms with E-state index in [9.17, 15) is 9.90 Å². The van der Waals surface area contributed by atoms with E-state index in [0.29, 0.717) is 5.69 Å². The zero-order chi connectivity index (χ0) is 9.14. The first-order chi connectivity index (χ1) is 5.61. The van der Waals surface area contributed by atoms with Crippen LogP contribution in [0.25, 0.3) is 0 Å².